The second-order valence-corrected chi connectivity index (χ2v) is 4.28. The first-order chi connectivity index (χ1) is 7.51. The van der Waals surface area contributed by atoms with E-state index in [4.69, 9.17) is 0 Å². The summed E-state index contributed by atoms with van der Waals surface area (Å²) in [6.07, 6.45) is -1.46. The van der Waals surface area contributed by atoms with Crippen molar-refractivity contribution in [2.45, 2.75) is 39.0 Å². The van der Waals surface area contributed by atoms with Gasteiger partial charge in [-0.25, -0.2) is 0 Å². The van der Waals surface area contributed by atoms with Gasteiger partial charge in [0.1, 0.15) is 0 Å². The minimum absolute atomic E-state index is 0.0614. The van der Waals surface area contributed by atoms with Crippen molar-refractivity contribution in [1.82, 2.24) is 9.80 Å². The molecule has 94 valence electrons. The van der Waals surface area contributed by atoms with Crippen LogP contribution in [0.5, 0.6) is 0 Å². The lowest BCUT2D eigenvalue weighted by Gasteiger charge is -2.28. The largest absolute Gasteiger partial charge is 0.389 e. The van der Waals surface area contributed by atoms with E-state index in [0.29, 0.717) is 26.2 Å². The maximum Gasteiger partial charge on any atom is 0.239 e. The molecule has 0 aromatic carbocycles. The normalized spacial score (nSPS) is 28.1. The Balaban J connectivity index is 2.57. The van der Waals surface area contributed by atoms with E-state index in [-0.39, 0.29) is 11.9 Å². The molecule has 1 unspecified atom stereocenters. The van der Waals surface area contributed by atoms with Crippen LogP contribution in [-0.2, 0) is 4.79 Å². The summed E-state index contributed by atoms with van der Waals surface area (Å²) in [7, 11) is 0. The molecule has 0 aromatic heterocycles. The second kappa shape index (κ2) is 5.61. The fourth-order valence-corrected chi connectivity index (χ4v) is 2.07. The Hall–Kier alpha value is -0.650. The highest BCUT2D eigenvalue weighted by Gasteiger charge is 2.35. The Kier molecular flexibility index (Phi) is 4.70. The van der Waals surface area contributed by atoms with E-state index in [1.54, 1.807) is 4.90 Å². The van der Waals surface area contributed by atoms with Gasteiger partial charge in [-0.15, -0.1) is 0 Å². The van der Waals surface area contributed by atoms with Crippen molar-refractivity contribution >= 4 is 5.91 Å². The van der Waals surface area contributed by atoms with Gasteiger partial charge in [0.2, 0.25) is 5.91 Å². The zero-order valence-electron chi connectivity index (χ0n) is 10.3. The van der Waals surface area contributed by atoms with Crippen LogP contribution < -0.4 is 0 Å². The number of amides is 1. The molecule has 1 heterocycles. The summed E-state index contributed by atoms with van der Waals surface area (Å²) < 4.78 is 0. The average Bonchev–Trinajstić information content (AvgIpc) is 2.59. The molecule has 1 amide bonds. The van der Waals surface area contributed by atoms with E-state index in [2.05, 4.69) is 0 Å². The minimum Gasteiger partial charge on any atom is -0.389 e. The van der Waals surface area contributed by atoms with Crippen LogP contribution in [-0.4, -0.2) is 70.3 Å². The van der Waals surface area contributed by atoms with Crippen LogP contribution in [0.15, 0.2) is 0 Å². The standard InChI is InChI=1S/C11H22N2O3/c1-4-12(5-2)11(16)8(3)13-6-9(14)10(15)7-13/h8-10,14-15H,4-7H2,1-3H3/t8?,9-,10+. The molecule has 1 aliphatic rings. The van der Waals surface area contributed by atoms with Gasteiger partial charge in [0.25, 0.3) is 0 Å². The van der Waals surface area contributed by atoms with Crippen LogP contribution in [0.4, 0.5) is 0 Å². The number of carbonyl (C=O) groups is 1. The number of nitrogens with zero attached hydrogens (tertiary/aromatic N) is 2. The Morgan fingerprint density at radius 3 is 2.12 bits per heavy atom. The van der Waals surface area contributed by atoms with Crippen LogP contribution in [0.3, 0.4) is 0 Å². The third-order valence-electron chi connectivity index (χ3n) is 3.27. The van der Waals surface area contributed by atoms with E-state index in [0.717, 1.165) is 0 Å². The molecule has 0 aromatic rings. The van der Waals surface area contributed by atoms with Gasteiger partial charge in [0, 0.05) is 26.2 Å². The van der Waals surface area contributed by atoms with E-state index in [1.807, 2.05) is 25.7 Å². The number of hydrogen-bond acceptors (Lipinski definition) is 4. The molecule has 1 rings (SSSR count). The first-order valence-corrected chi connectivity index (χ1v) is 5.90. The summed E-state index contributed by atoms with van der Waals surface area (Å²) >= 11 is 0. The number of β-amino-alcohol motifs (C(OH)–C–C–N with tert-alkyl or cyclic N) is 2. The number of rotatable bonds is 4. The highest BCUT2D eigenvalue weighted by Crippen LogP contribution is 2.14. The van der Waals surface area contributed by atoms with Crippen molar-refractivity contribution in [3.63, 3.8) is 0 Å². The number of aliphatic hydroxyl groups excluding tert-OH is 2. The highest BCUT2D eigenvalue weighted by molar-refractivity contribution is 5.81. The average molecular weight is 230 g/mol. The van der Waals surface area contributed by atoms with Crippen molar-refractivity contribution < 1.29 is 15.0 Å². The van der Waals surface area contributed by atoms with Gasteiger partial charge in [-0.2, -0.15) is 0 Å². The van der Waals surface area contributed by atoms with Crippen molar-refractivity contribution in [2.75, 3.05) is 26.2 Å². The van der Waals surface area contributed by atoms with Crippen molar-refractivity contribution in [2.24, 2.45) is 0 Å². The molecule has 1 saturated heterocycles. The van der Waals surface area contributed by atoms with Crippen LogP contribution in [0, 0.1) is 0 Å². The Morgan fingerprint density at radius 1 is 1.31 bits per heavy atom. The van der Waals surface area contributed by atoms with Gasteiger partial charge in [0.15, 0.2) is 0 Å². The zero-order chi connectivity index (χ0) is 12.3. The first-order valence-electron chi connectivity index (χ1n) is 5.90. The zero-order valence-corrected chi connectivity index (χ0v) is 10.3. The lowest BCUT2D eigenvalue weighted by Crippen LogP contribution is -2.46. The molecule has 3 atom stereocenters. The smallest absolute Gasteiger partial charge is 0.239 e. The first kappa shape index (κ1) is 13.4. The molecule has 0 spiro atoms. The molecule has 2 N–H and O–H groups in total. The van der Waals surface area contributed by atoms with Crippen molar-refractivity contribution in [3.05, 3.63) is 0 Å². The molecular weight excluding hydrogens is 208 g/mol. The monoisotopic (exact) mass is 230 g/mol. The predicted molar refractivity (Wildman–Crippen MR) is 61.0 cm³/mol. The Bertz CT molecular complexity index is 233. The van der Waals surface area contributed by atoms with Gasteiger partial charge >= 0.3 is 0 Å². The van der Waals surface area contributed by atoms with Gasteiger partial charge in [-0.05, 0) is 20.8 Å². The maximum atomic E-state index is 12.0. The molecule has 1 fully saturated rings. The third-order valence-corrected chi connectivity index (χ3v) is 3.27. The SMILES string of the molecule is CCN(CC)C(=O)C(C)N1C[C@@H](O)[C@@H](O)C1. The fraction of sp³-hybridized carbons (Fsp3) is 0.909. The lowest BCUT2D eigenvalue weighted by molar-refractivity contribution is -0.135. The Labute approximate surface area is 96.7 Å². The van der Waals surface area contributed by atoms with E-state index < -0.39 is 12.2 Å². The highest BCUT2D eigenvalue weighted by atomic mass is 16.3. The molecule has 5 heteroatoms. The molecule has 0 saturated carbocycles. The maximum absolute atomic E-state index is 12.0. The summed E-state index contributed by atoms with van der Waals surface area (Å²) in [6.45, 7) is 7.84. The summed E-state index contributed by atoms with van der Waals surface area (Å²) in [5.74, 6) is 0.0614. The number of carbonyl (C=O) groups excluding carboxylic acids is 1. The lowest BCUT2D eigenvalue weighted by atomic mass is 10.2. The van der Waals surface area contributed by atoms with Gasteiger partial charge in [-0.1, -0.05) is 0 Å². The summed E-state index contributed by atoms with van der Waals surface area (Å²) in [5.41, 5.74) is 0. The van der Waals surface area contributed by atoms with E-state index in [9.17, 15) is 15.0 Å². The molecule has 16 heavy (non-hydrogen) atoms. The van der Waals surface area contributed by atoms with Gasteiger partial charge in [0.05, 0.1) is 18.2 Å². The minimum atomic E-state index is -0.730. The summed E-state index contributed by atoms with van der Waals surface area (Å²) in [4.78, 5) is 15.6. The van der Waals surface area contributed by atoms with Crippen LogP contribution >= 0.6 is 0 Å². The third kappa shape index (κ3) is 2.72. The fourth-order valence-electron chi connectivity index (χ4n) is 2.07. The number of hydrogen-bond donors (Lipinski definition) is 2. The Morgan fingerprint density at radius 2 is 1.75 bits per heavy atom. The van der Waals surface area contributed by atoms with E-state index >= 15 is 0 Å². The summed E-state index contributed by atoms with van der Waals surface area (Å²) in [6, 6.07) is -0.272. The van der Waals surface area contributed by atoms with Gasteiger partial charge < -0.3 is 15.1 Å². The number of likely N-dealkylation sites (tertiary alicyclic amines) is 1. The van der Waals surface area contributed by atoms with Crippen molar-refractivity contribution in [3.8, 4) is 0 Å². The molecule has 0 bridgehead atoms. The van der Waals surface area contributed by atoms with Crippen LogP contribution in [0.1, 0.15) is 20.8 Å². The topological polar surface area (TPSA) is 64.0 Å². The van der Waals surface area contributed by atoms with Crippen molar-refractivity contribution in [1.29, 1.82) is 0 Å². The molecule has 5 nitrogen and oxygen atoms in total. The number of likely N-dealkylation sites (N-methyl/N-ethyl adjacent to an activating group) is 1. The van der Waals surface area contributed by atoms with Crippen LogP contribution in [0.2, 0.25) is 0 Å². The van der Waals surface area contributed by atoms with E-state index in [1.165, 1.54) is 0 Å². The second-order valence-electron chi connectivity index (χ2n) is 4.28. The van der Waals surface area contributed by atoms with Gasteiger partial charge in [-0.3, -0.25) is 9.69 Å². The summed E-state index contributed by atoms with van der Waals surface area (Å²) in [5, 5.41) is 18.9. The molecule has 0 aliphatic carbocycles. The quantitative estimate of drug-likeness (QED) is 0.669. The molecule has 1 aliphatic heterocycles. The predicted octanol–water partition coefficient (Wildman–Crippen LogP) is -0.719. The molecular formula is C11H22N2O3. The molecule has 0 radical (unpaired) electrons. The number of aliphatic hydroxyl groups is 2. The van der Waals surface area contributed by atoms with Crippen LogP contribution in [0.25, 0.3) is 0 Å².